The molecule has 15 atom stereocenters. The first-order chi connectivity index (χ1) is 40.0. The van der Waals surface area contributed by atoms with E-state index in [9.17, 15) is 75.7 Å². The minimum atomic E-state index is -1.55. The highest BCUT2D eigenvalue weighted by molar-refractivity contribution is 5.76. The number of aliphatic hydroxyl groups excluding tert-OH is 12. The van der Waals surface area contributed by atoms with Gasteiger partial charge in [-0.3, -0.25) is 14.4 Å². The molecule has 0 saturated carbocycles. The summed E-state index contributed by atoms with van der Waals surface area (Å²) in [5.41, 5.74) is -0.755. The van der Waals surface area contributed by atoms with Crippen LogP contribution < -0.4 is 16.0 Å². The number of carbonyl (C=O) groups excluding carboxylic acids is 3. The minimum absolute atomic E-state index is 0. The smallest absolute Gasteiger partial charge is 0.222 e. The van der Waals surface area contributed by atoms with Crippen molar-refractivity contribution in [3.05, 3.63) is 0 Å². The van der Waals surface area contributed by atoms with Crippen molar-refractivity contribution in [2.45, 2.75) is 126 Å². The third-order valence-electron chi connectivity index (χ3n) is 12.7. The van der Waals surface area contributed by atoms with E-state index in [2.05, 4.69) is 16.0 Å². The standard InChI is InChI=1S/C50H93N3O30.CH4/c1-50(29-75-8-2-35(57)51-5-11-69-14-17-72-20-23-78-47-44(66)41(63)38(60)32(26-54)81-47,30-76-9-3-36(58)52-6-12-70-15-18-73-21-24-79-48-45(67)42(64)39(61)33(27-55)82-48)31-77-10-4-37(59)53-7-13-71-16-19-74-22-25-80-49-46(68)43(65)40(62)34(28-56)83-49;/h32-34,38-49,54-56,60-68H,2-31H2,1H3,(H,51,57)(H,52,58)(H,53,59);1H4/t32?,33?,34?,38-,39-,40-,41+,42+,43+,44?,45?,46?,47+,48+,49+,50?;/m1./s1. The van der Waals surface area contributed by atoms with Gasteiger partial charge in [0.05, 0.1) is 159 Å². The van der Waals surface area contributed by atoms with E-state index >= 15 is 0 Å². The Kier molecular flexibility index (Phi) is 42.0. The number of nitrogens with one attached hydrogen (secondary N) is 3. The van der Waals surface area contributed by atoms with E-state index in [0.717, 1.165) is 0 Å². The van der Waals surface area contributed by atoms with Gasteiger partial charge in [0.1, 0.15) is 73.2 Å². The van der Waals surface area contributed by atoms with Crippen LogP contribution in [-0.2, 0) is 85.4 Å². The number of rotatable bonds is 48. The van der Waals surface area contributed by atoms with Gasteiger partial charge in [-0.1, -0.05) is 14.4 Å². The maximum absolute atomic E-state index is 12.5. The quantitative estimate of drug-likeness (QED) is 0.0252. The number of amides is 3. The number of hydrogen-bond acceptors (Lipinski definition) is 30. The molecule has 0 spiro atoms. The Bertz CT molecular complexity index is 1500. The van der Waals surface area contributed by atoms with Crippen molar-refractivity contribution in [1.29, 1.82) is 0 Å². The Morgan fingerprint density at radius 1 is 0.345 bits per heavy atom. The van der Waals surface area contributed by atoms with Crippen molar-refractivity contribution in [3.8, 4) is 0 Å². The normalized spacial score (nSPS) is 28.8. The van der Waals surface area contributed by atoms with E-state index in [1.807, 2.05) is 6.92 Å². The molecule has 15 N–H and O–H groups in total. The summed E-state index contributed by atoms with van der Waals surface area (Å²) >= 11 is 0. The Labute approximate surface area is 488 Å². The topological polar surface area (TPSA) is 469 Å². The van der Waals surface area contributed by atoms with E-state index in [0.29, 0.717) is 0 Å². The first-order valence-electron chi connectivity index (χ1n) is 27.7. The van der Waals surface area contributed by atoms with Gasteiger partial charge >= 0.3 is 0 Å². The molecule has 3 aliphatic heterocycles. The fraction of sp³-hybridized carbons (Fsp3) is 0.941. The van der Waals surface area contributed by atoms with E-state index in [4.69, 9.17) is 71.1 Å². The van der Waals surface area contributed by atoms with Gasteiger partial charge in [0.15, 0.2) is 18.9 Å². The van der Waals surface area contributed by atoms with Crippen molar-refractivity contribution in [3.63, 3.8) is 0 Å². The molecule has 0 aromatic rings. The van der Waals surface area contributed by atoms with E-state index in [-0.39, 0.29) is 203 Å². The number of carbonyl (C=O) groups is 3. The molecule has 3 fully saturated rings. The zero-order valence-corrected chi connectivity index (χ0v) is 47.1. The maximum Gasteiger partial charge on any atom is 0.222 e. The van der Waals surface area contributed by atoms with Gasteiger partial charge in [0.2, 0.25) is 17.7 Å². The highest BCUT2D eigenvalue weighted by atomic mass is 16.7. The largest absolute Gasteiger partial charge is 0.394 e. The zero-order chi connectivity index (χ0) is 60.8. The lowest BCUT2D eigenvalue weighted by Gasteiger charge is -2.39. The van der Waals surface area contributed by atoms with Gasteiger partial charge in [-0.25, -0.2) is 0 Å². The van der Waals surface area contributed by atoms with Crippen LogP contribution in [0, 0.1) is 5.41 Å². The molecule has 84 heavy (non-hydrogen) atoms. The lowest BCUT2D eigenvalue weighted by molar-refractivity contribution is -0.302. The molecule has 3 rings (SSSR count). The molecule has 0 aromatic carbocycles. The molecule has 0 bridgehead atoms. The number of hydrogen-bond donors (Lipinski definition) is 15. The summed E-state index contributed by atoms with van der Waals surface area (Å²) in [5, 5.41) is 125. The first kappa shape index (κ1) is 77.4. The Hall–Kier alpha value is -2.67. The second-order valence-electron chi connectivity index (χ2n) is 19.6. The zero-order valence-electron chi connectivity index (χ0n) is 47.1. The first-order valence-corrected chi connectivity index (χ1v) is 27.7. The summed E-state index contributed by atoms with van der Waals surface area (Å²) < 4.78 is 82.2. The third-order valence-corrected chi connectivity index (χ3v) is 12.7. The van der Waals surface area contributed by atoms with Gasteiger partial charge < -0.3 is 148 Å². The van der Waals surface area contributed by atoms with E-state index in [1.54, 1.807) is 0 Å². The summed E-state index contributed by atoms with van der Waals surface area (Å²) in [7, 11) is 0. The monoisotopic (exact) mass is 1230 g/mol. The lowest BCUT2D eigenvalue weighted by Crippen LogP contribution is -2.59. The van der Waals surface area contributed by atoms with Crippen LogP contribution in [0.3, 0.4) is 0 Å². The van der Waals surface area contributed by atoms with Crippen molar-refractivity contribution in [2.24, 2.45) is 5.41 Å². The van der Waals surface area contributed by atoms with Crippen LogP contribution in [0.25, 0.3) is 0 Å². The summed E-state index contributed by atoms with van der Waals surface area (Å²) in [6, 6.07) is 0. The van der Waals surface area contributed by atoms with Crippen molar-refractivity contribution in [2.75, 3.05) is 178 Å². The van der Waals surface area contributed by atoms with Crippen LogP contribution >= 0.6 is 0 Å². The highest BCUT2D eigenvalue weighted by Crippen LogP contribution is 2.25. The van der Waals surface area contributed by atoms with Gasteiger partial charge in [-0.2, -0.15) is 0 Å². The summed E-state index contributed by atoms with van der Waals surface area (Å²) in [4.78, 5) is 37.5. The molecule has 33 heteroatoms. The molecule has 3 amide bonds. The number of ether oxygens (including phenoxy) is 15. The average molecular weight is 1230 g/mol. The molecule has 6 unspecified atom stereocenters. The predicted molar refractivity (Wildman–Crippen MR) is 284 cm³/mol. The molecule has 0 aliphatic carbocycles. The van der Waals surface area contributed by atoms with Crippen LogP contribution in [0.1, 0.15) is 33.6 Å². The van der Waals surface area contributed by atoms with Crippen molar-refractivity contribution < 1.29 is 147 Å². The molecular formula is C51H97N3O30. The van der Waals surface area contributed by atoms with Crippen LogP contribution in [-0.4, -0.2) is 349 Å². The lowest BCUT2D eigenvalue weighted by atomic mass is 9.94. The second-order valence-corrected chi connectivity index (χ2v) is 19.6. The Morgan fingerprint density at radius 2 is 0.583 bits per heavy atom. The van der Waals surface area contributed by atoms with Crippen molar-refractivity contribution in [1.82, 2.24) is 16.0 Å². The molecule has 3 saturated heterocycles. The van der Waals surface area contributed by atoms with E-state index < -0.39 is 117 Å². The summed E-state index contributed by atoms with van der Waals surface area (Å²) in [6.45, 7) is 3.37. The molecule has 0 radical (unpaired) electrons. The number of aliphatic hydroxyl groups is 12. The predicted octanol–water partition coefficient (Wildman–Crippen LogP) is -8.25. The Morgan fingerprint density at radius 3 is 0.833 bits per heavy atom. The Balaban J connectivity index is 0.0000241. The fourth-order valence-corrected chi connectivity index (χ4v) is 7.88. The molecule has 3 aliphatic rings. The molecule has 3 heterocycles. The third kappa shape index (κ3) is 30.5. The van der Waals surface area contributed by atoms with Crippen LogP contribution in [0.5, 0.6) is 0 Å². The molecule has 496 valence electrons. The SMILES string of the molecule is C.CC(COCCC(=O)NCCOCCOCCO[C@H]1OC(CO)[C@@H](O)[C@H](O)C1O)(COCCC(=O)NCCOCCOCCO[C@H]1OC(CO)[C@@H](O)[C@H](O)C1O)COCCC(=O)NCCOCCOCCO[C@H]1OC(CO)[C@@H](O)[C@H](O)C1O. The van der Waals surface area contributed by atoms with Crippen LogP contribution in [0.2, 0.25) is 0 Å². The second kappa shape index (κ2) is 45.6. The molecular weight excluding hydrogens is 1130 g/mol. The summed E-state index contributed by atoms with van der Waals surface area (Å²) in [6.07, 6.45) is -20.5. The van der Waals surface area contributed by atoms with Crippen molar-refractivity contribution >= 4 is 17.7 Å². The maximum atomic E-state index is 12.5. The van der Waals surface area contributed by atoms with Gasteiger partial charge in [0, 0.05) is 44.3 Å². The van der Waals surface area contributed by atoms with Gasteiger partial charge in [-0.15, -0.1) is 0 Å². The molecule has 33 nitrogen and oxygen atoms in total. The average Bonchev–Trinajstić information content (AvgIpc) is 3.56. The summed E-state index contributed by atoms with van der Waals surface area (Å²) in [5.74, 6) is -0.847. The van der Waals surface area contributed by atoms with E-state index in [1.165, 1.54) is 0 Å². The van der Waals surface area contributed by atoms with Gasteiger partial charge in [0.25, 0.3) is 0 Å². The van der Waals surface area contributed by atoms with Crippen LogP contribution in [0.4, 0.5) is 0 Å². The van der Waals surface area contributed by atoms with Crippen LogP contribution in [0.15, 0.2) is 0 Å². The fourth-order valence-electron chi connectivity index (χ4n) is 7.88. The molecule has 0 aromatic heterocycles. The van der Waals surface area contributed by atoms with Gasteiger partial charge in [-0.05, 0) is 0 Å². The highest BCUT2D eigenvalue weighted by Gasteiger charge is 2.46. The minimum Gasteiger partial charge on any atom is -0.394 e.